The summed E-state index contributed by atoms with van der Waals surface area (Å²) in [7, 11) is 1.63. The van der Waals surface area contributed by atoms with Gasteiger partial charge in [-0.15, -0.1) is 5.10 Å². The maximum absolute atomic E-state index is 13.8. The zero-order chi connectivity index (χ0) is 24.4. The van der Waals surface area contributed by atoms with Crippen LogP contribution in [-0.2, 0) is 6.42 Å². The summed E-state index contributed by atoms with van der Waals surface area (Å²) in [5.41, 5.74) is 9.51. The number of benzene rings is 3. The lowest BCUT2D eigenvalue weighted by Gasteiger charge is -2.09. The number of halogens is 2. The van der Waals surface area contributed by atoms with Crippen molar-refractivity contribution in [3.8, 4) is 22.7 Å². The van der Waals surface area contributed by atoms with E-state index in [9.17, 15) is 8.78 Å². The van der Waals surface area contributed by atoms with Crippen molar-refractivity contribution in [2.45, 2.75) is 6.42 Å². The fraction of sp³-hybridized carbons (Fsp3) is 0.115. The Morgan fingerprint density at radius 2 is 1.71 bits per heavy atom. The Hall–Kier alpha value is -4.53. The average molecular weight is 472 g/mol. The molecule has 7 nitrogen and oxygen atoms in total. The van der Waals surface area contributed by atoms with E-state index < -0.39 is 5.82 Å². The van der Waals surface area contributed by atoms with Gasteiger partial charge in [-0.3, -0.25) is 0 Å². The van der Waals surface area contributed by atoms with E-state index in [0.29, 0.717) is 40.5 Å². The Labute approximate surface area is 200 Å². The molecule has 5 aromatic rings. The van der Waals surface area contributed by atoms with Crippen molar-refractivity contribution in [3.63, 3.8) is 0 Å². The van der Waals surface area contributed by atoms with E-state index in [1.54, 1.807) is 31.4 Å². The number of fused-ring (bicyclic) bond motifs is 1. The van der Waals surface area contributed by atoms with Crippen LogP contribution in [0.1, 0.15) is 5.56 Å². The van der Waals surface area contributed by atoms with Crippen LogP contribution in [0.5, 0.6) is 5.75 Å². The van der Waals surface area contributed by atoms with Gasteiger partial charge >= 0.3 is 0 Å². The van der Waals surface area contributed by atoms with Gasteiger partial charge in [0.25, 0.3) is 0 Å². The van der Waals surface area contributed by atoms with Crippen LogP contribution in [0.25, 0.3) is 28.0 Å². The molecule has 0 amide bonds. The minimum Gasteiger partial charge on any atom is -0.497 e. The van der Waals surface area contributed by atoms with E-state index in [1.807, 2.05) is 24.3 Å². The monoisotopic (exact) mass is 472 g/mol. The van der Waals surface area contributed by atoms with Gasteiger partial charge in [-0.25, -0.2) is 18.4 Å². The summed E-state index contributed by atoms with van der Waals surface area (Å²) >= 11 is 0. The zero-order valence-corrected chi connectivity index (χ0v) is 18.9. The highest BCUT2D eigenvalue weighted by Crippen LogP contribution is 2.33. The fourth-order valence-electron chi connectivity index (χ4n) is 3.82. The van der Waals surface area contributed by atoms with Gasteiger partial charge in [-0.2, -0.15) is 4.98 Å². The first-order chi connectivity index (χ1) is 17.0. The third kappa shape index (κ3) is 4.61. The predicted molar refractivity (Wildman–Crippen MR) is 132 cm³/mol. The Kier molecular flexibility index (Phi) is 5.97. The summed E-state index contributed by atoms with van der Waals surface area (Å²) < 4.78 is 34.1. The number of hydrogen-bond acceptors (Lipinski definition) is 6. The number of ether oxygens (including phenoxy) is 1. The lowest BCUT2D eigenvalue weighted by atomic mass is 10.1. The maximum atomic E-state index is 13.8. The number of aromatic nitrogens is 4. The molecule has 0 aliphatic carbocycles. The van der Waals surface area contributed by atoms with Crippen molar-refractivity contribution in [1.29, 1.82) is 0 Å². The molecular formula is C26H22F2N6O. The zero-order valence-electron chi connectivity index (χ0n) is 18.9. The molecule has 0 saturated carbocycles. The maximum Gasteiger partial charge on any atom is 0.225 e. The standard InChI is InChI=1S/C26H22F2N6O/c1-35-21-11-5-16(6-12-21)13-14-30-26-31-23(17-7-9-18(27)10-8-17)22-24(29)34(33-25(22)32-26)20-4-2-3-19(28)15-20/h2-12,15H,13-14,29H2,1H3,(H,30,32,33). The Morgan fingerprint density at radius 3 is 2.43 bits per heavy atom. The summed E-state index contributed by atoms with van der Waals surface area (Å²) in [4.78, 5) is 9.22. The number of rotatable bonds is 7. The highest BCUT2D eigenvalue weighted by atomic mass is 19.1. The first-order valence-corrected chi connectivity index (χ1v) is 11.0. The normalized spacial score (nSPS) is 11.1. The highest BCUT2D eigenvalue weighted by molar-refractivity contribution is 5.99. The van der Waals surface area contributed by atoms with E-state index in [4.69, 9.17) is 10.5 Å². The molecule has 0 saturated heterocycles. The van der Waals surface area contributed by atoms with Crippen molar-refractivity contribution >= 4 is 22.8 Å². The molecule has 5 rings (SSSR count). The predicted octanol–water partition coefficient (Wildman–Crippen LogP) is 5.01. The molecule has 0 radical (unpaired) electrons. The van der Waals surface area contributed by atoms with E-state index >= 15 is 0 Å². The van der Waals surface area contributed by atoms with Gasteiger partial charge < -0.3 is 15.8 Å². The second kappa shape index (κ2) is 9.38. The summed E-state index contributed by atoms with van der Waals surface area (Å²) in [5.74, 6) is 0.641. The number of nitrogens with one attached hydrogen (secondary N) is 1. The van der Waals surface area contributed by atoms with Gasteiger partial charge in [0.15, 0.2) is 5.65 Å². The number of methoxy groups -OCH3 is 1. The van der Waals surface area contributed by atoms with Crippen molar-refractivity contribution in [3.05, 3.63) is 90.0 Å². The SMILES string of the molecule is COc1ccc(CCNc2nc(-c3ccc(F)cc3)c3c(N)n(-c4cccc(F)c4)nc3n2)cc1. The van der Waals surface area contributed by atoms with E-state index in [-0.39, 0.29) is 11.6 Å². The summed E-state index contributed by atoms with van der Waals surface area (Å²) in [6.07, 6.45) is 0.733. The van der Waals surface area contributed by atoms with Crippen LogP contribution in [0, 0.1) is 11.6 Å². The second-order valence-corrected chi connectivity index (χ2v) is 7.90. The molecular weight excluding hydrogens is 450 g/mol. The van der Waals surface area contributed by atoms with Gasteiger partial charge in [0, 0.05) is 12.1 Å². The summed E-state index contributed by atoms with van der Waals surface area (Å²) in [5, 5.41) is 8.26. The molecule has 0 aliphatic rings. The number of anilines is 2. The first kappa shape index (κ1) is 22.3. The molecule has 35 heavy (non-hydrogen) atoms. The van der Waals surface area contributed by atoms with E-state index in [2.05, 4.69) is 20.4 Å². The van der Waals surface area contributed by atoms with Crippen LogP contribution in [0.15, 0.2) is 72.8 Å². The highest BCUT2D eigenvalue weighted by Gasteiger charge is 2.19. The molecule has 0 fully saturated rings. The summed E-state index contributed by atoms with van der Waals surface area (Å²) in [6, 6.07) is 19.7. The number of nitrogens with zero attached hydrogens (tertiary/aromatic N) is 4. The number of nitrogens with two attached hydrogens (primary N) is 1. The van der Waals surface area contributed by atoms with Crippen LogP contribution < -0.4 is 15.8 Å². The minimum atomic E-state index is -0.410. The lowest BCUT2D eigenvalue weighted by molar-refractivity contribution is 0.414. The molecule has 0 spiro atoms. The third-order valence-electron chi connectivity index (χ3n) is 5.60. The summed E-state index contributed by atoms with van der Waals surface area (Å²) in [6.45, 7) is 0.570. The van der Waals surface area contributed by atoms with E-state index in [1.165, 1.54) is 28.9 Å². The average Bonchev–Trinajstić information content (AvgIpc) is 3.21. The molecule has 3 N–H and O–H groups in total. The molecule has 3 aromatic carbocycles. The lowest BCUT2D eigenvalue weighted by Crippen LogP contribution is -2.09. The third-order valence-corrected chi connectivity index (χ3v) is 5.60. The Balaban J connectivity index is 1.52. The van der Waals surface area contributed by atoms with Crippen molar-refractivity contribution < 1.29 is 13.5 Å². The molecule has 2 aromatic heterocycles. The molecule has 2 heterocycles. The van der Waals surface area contributed by atoms with Crippen LogP contribution >= 0.6 is 0 Å². The molecule has 9 heteroatoms. The number of nitrogen functional groups attached to an aromatic ring is 1. The van der Waals surface area contributed by atoms with Crippen LogP contribution in [0.3, 0.4) is 0 Å². The van der Waals surface area contributed by atoms with E-state index in [0.717, 1.165) is 17.7 Å². The molecule has 0 unspecified atom stereocenters. The fourth-order valence-corrected chi connectivity index (χ4v) is 3.82. The topological polar surface area (TPSA) is 90.9 Å². The quantitative estimate of drug-likeness (QED) is 0.346. The van der Waals surface area contributed by atoms with Crippen LogP contribution in [0.2, 0.25) is 0 Å². The second-order valence-electron chi connectivity index (χ2n) is 7.90. The number of hydrogen-bond donors (Lipinski definition) is 2. The van der Waals surface area contributed by atoms with Gasteiger partial charge in [-0.1, -0.05) is 18.2 Å². The molecule has 0 bridgehead atoms. The Morgan fingerprint density at radius 1 is 0.943 bits per heavy atom. The van der Waals surface area contributed by atoms with Crippen molar-refractivity contribution in [2.75, 3.05) is 24.7 Å². The van der Waals surface area contributed by atoms with Crippen molar-refractivity contribution in [2.24, 2.45) is 0 Å². The first-order valence-electron chi connectivity index (χ1n) is 11.0. The van der Waals surface area contributed by atoms with Gasteiger partial charge in [0.05, 0.1) is 23.9 Å². The van der Waals surface area contributed by atoms with Gasteiger partial charge in [0.1, 0.15) is 23.2 Å². The van der Waals surface area contributed by atoms with Gasteiger partial charge in [0.2, 0.25) is 5.95 Å². The minimum absolute atomic E-state index is 0.259. The smallest absolute Gasteiger partial charge is 0.225 e. The molecule has 176 valence electrons. The molecule has 0 aliphatic heterocycles. The molecule has 0 atom stereocenters. The van der Waals surface area contributed by atoms with Gasteiger partial charge in [-0.05, 0) is 66.6 Å². The van der Waals surface area contributed by atoms with Crippen LogP contribution in [0.4, 0.5) is 20.5 Å². The Bertz CT molecular complexity index is 1480. The van der Waals surface area contributed by atoms with Crippen molar-refractivity contribution in [1.82, 2.24) is 19.7 Å². The van der Waals surface area contributed by atoms with Crippen LogP contribution in [-0.4, -0.2) is 33.4 Å². The largest absolute Gasteiger partial charge is 0.497 e.